The molecule has 5 heteroatoms. The molecular formula is C19H26ClN3O. The van der Waals surface area contributed by atoms with Crippen LogP contribution in [0.25, 0.3) is 5.69 Å². The van der Waals surface area contributed by atoms with E-state index in [1.807, 2.05) is 42.8 Å². The first-order valence-corrected chi connectivity index (χ1v) is 8.80. The number of benzene rings is 1. The van der Waals surface area contributed by atoms with E-state index in [0.29, 0.717) is 10.6 Å². The van der Waals surface area contributed by atoms with Gasteiger partial charge in [0.2, 0.25) is 0 Å². The molecule has 0 spiro atoms. The van der Waals surface area contributed by atoms with E-state index in [-0.39, 0.29) is 23.8 Å². The molecule has 2 rings (SSSR count). The highest BCUT2D eigenvalue weighted by Gasteiger charge is 2.28. The van der Waals surface area contributed by atoms with E-state index < -0.39 is 0 Å². The van der Waals surface area contributed by atoms with E-state index in [1.54, 1.807) is 0 Å². The molecule has 1 aromatic heterocycles. The molecular weight excluding hydrogens is 322 g/mol. The molecule has 1 aromatic carbocycles. The van der Waals surface area contributed by atoms with Crippen LogP contribution in [0.4, 0.5) is 0 Å². The van der Waals surface area contributed by atoms with Crippen molar-refractivity contribution in [2.45, 2.75) is 59.4 Å². The molecule has 0 atom stereocenters. The van der Waals surface area contributed by atoms with Crippen molar-refractivity contribution in [2.24, 2.45) is 0 Å². The van der Waals surface area contributed by atoms with E-state index in [9.17, 15) is 4.79 Å². The van der Waals surface area contributed by atoms with E-state index in [4.69, 9.17) is 16.7 Å². The quantitative estimate of drug-likeness (QED) is 0.835. The van der Waals surface area contributed by atoms with Crippen LogP contribution in [-0.2, 0) is 0 Å². The molecule has 0 radical (unpaired) electrons. The number of hydrogen-bond acceptors (Lipinski definition) is 2. The van der Waals surface area contributed by atoms with Crippen molar-refractivity contribution < 1.29 is 4.79 Å². The van der Waals surface area contributed by atoms with Crippen LogP contribution in [0.15, 0.2) is 24.3 Å². The van der Waals surface area contributed by atoms with Gasteiger partial charge in [-0.2, -0.15) is 5.10 Å². The number of halogens is 1. The molecule has 0 saturated carbocycles. The summed E-state index contributed by atoms with van der Waals surface area (Å²) in [6.45, 7) is 12.2. The average molecular weight is 348 g/mol. The summed E-state index contributed by atoms with van der Waals surface area (Å²) in [5.41, 5.74) is 3.17. The summed E-state index contributed by atoms with van der Waals surface area (Å²) >= 11 is 6.38. The zero-order chi connectivity index (χ0) is 18.0. The first-order valence-electron chi connectivity index (χ1n) is 8.42. The van der Waals surface area contributed by atoms with Crippen molar-refractivity contribution in [2.75, 3.05) is 0 Å². The molecule has 0 bridgehead atoms. The van der Waals surface area contributed by atoms with Gasteiger partial charge in [-0.05, 0) is 37.8 Å². The lowest BCUT2D eigenvalue weighted by molar-refractivity contribution is 0.0940. The van der Waals surface area contributed by atoms with Gasteiger partial charge in [0.1, 0.15) is 0 Å². The number of carbonyl (C=O) groups is 1. The second-order valence-electron chi connectivity index (χ2n) is 6.95. The van der Waals surface area contributed by atoms with Crippen molar-refractivity contribution in [3.8, 4) is 5.69 Å². The largest absolute Gasteiger partial charge is 0.350 e. The maximum absolute atomic E-state index is 12.8. The number of carbonyl (C=O) groups excluding carboxylic acids is 1. The van der Waals surface area contributed by atoms with Gasteiger partial charge in [0.05, 0.1) is 27.7 Å². The molecule has 0 saturated heterocycles. The highest BCUT2D eigenvalue weighted by atomic mass is 35.5. The molecule has 0 aliphatic rings. The SMILES string of the molecule is CC(C)NC(=O)c1c(C(C)C)nn(-c2ccccc2Cl)c1C(C)C. The highest BCUT2D eigenvalue weighted by Crippen LogP contribution is 2.32. The maximum atomic E-state index is 12.8. The Bertz CT molecular complexity index is 732. The monoisotopic (exact) mass is 347 g/mol. The number of hydrogen-bond donors (Lipinski definition) is 1. The summed E-state index contributed by atoms with van der Waals surface area (Å²) in [5.74, 6) is 0.198. The Hall–Kier alpha value is -1.81. The van der Waals surface area contributed by atoms with Crippen molar-refractivity contribution >= 4 is 17.5 Å². The molecule has 1 heterocycles. The van der Waals surface area contributed by atoms with Crippen LogP contribution >= 0.6 is 11.6 Å². The summed E-state index contributed by atoms with van der Waals surface area (Å²) < 4.78 is 1.83. The molecule has 24 heavy (non-hydrogen) atoms. The summed E-state index contributed by atoms with van der Waals surface area (Å²) in [7, 11) is 0. The third-order valence-electron chi connectivity index (χ3n) is 3.77. The fraction of sp³-hybridized carbons (Fsp3) is 0.474. The van der Waals surface area contributed by atoms with Crippen LogP contribution in [0.3, 0.4) is 0 Å². The van der Waals surface area contributed by atoms with Crippen molar-refractivity contribution in [1.29, 1.82) is 0 Å². The van der Waals surface area contributed by atoms with Crippen LogP contribution in [0.5, 0.6) is 0 Å². The minimum atomic E-state index is -0.0734. The molecule has 0 fully saturated rings. The van der Waals surface area contributed by atoms with Crippen molar-refractivity contribution in [1.82, 2.24) is 15.1 Å². The number of para-hydroxylation sites is 1. The Labute approximate surface area is 149 Å². The second-order valence-corrected chi connectivity index (χ2v) is 7.35. The van der Waals surface area contributed by atoms with Gasteiger partial charge in [-0.15, -0.1) is 0 Å². The summed E-state index contributed by atoms with van der Waals surface area (Å²) in [5, 5.41) is 8.38. The number of rotatable bonds is 5. The van der Waals surface area contributed by atoms with Gasteiger partial charge >= 0.3 is 0 Å². The Kier molecular flexibility index (Phi) is 5.70. The predicted octanol–water partition coefficient (Wildman–Crippen LogP) is 4.91. The highest BCUT2D eigenvalue weighted by molar-refractivity contribution is 6.32. The lowest BCUT2D eigenvalue weighted by atomic mass is 9.98. The summed E-state index contributed by atoms with van der Waals surface area (Å²) in [6, 6.07) is 7.65. The smallest absolute Gasteiger partial charge is 0.255 e. The molecule has 2 aromatic rings. The van der Waals surface area contributed by atoms with Crippen molar-refractivity contribution in [3.05, 3.63) is 46.2 Å². The Morgan fingerprint density at radius 3 is 2.21 bits per heavy atom. The van der Waals surface area contributed by atoms with Gasteiger partial charge in [0.15, 0.2) is 0 Å². The van der Waals surface area contributed by atoms with E-state index >= 15 is 0 Å². The molecule has 1 amide bonds. The number of aromatic nitrogens is 2. The van der Waals surface area contributed by atoms with Gasteiger partial charge in [0.25, 0.3) is 5.91 Å². The fourth-order valence-corrected chi connectivity index (χ4v) is 2.98. The second kappa shape index (κ2) is 7.39. The molecule has 0 aliphatic heterocycles. The third kappa shape index (κ3) is 3.64. The number of nitrogens with zero attached hydrogens (tertiary/aromatic N) is 2. The van der Waals surface area contributed by atoms with Crippen molar-refractivity contribution in [3.63, 3.8) is 0 Å². The predicted molar refractivity (Wildman–Crippen MR) is 99.4 cm³/mol. The van der Waals surface area contributed by atoms with E-state index in [2.05, 4.69) is 33.0 Å². The molecule has 130 valence electrons. The number of amides is 1. The van der Waals surface area contributed by atoms with Gasteiger partial charge in [-0.1, -0.05) is 51.4 Å². The van der Waals surface area contributed by atoms with E-state index in [1.165, 1.54) is 0 Å². The van der Waals surface area contributed by atoms with Gasteiger partial charge in [-0.3, -0.25) is 4.79 Å². The van der Waals surface area contributed by atoms with Crippen LogP contribution in [0, 0.1) is 0 Å². The molecule has 0 unspecified atom stereocenters. The van der Waals surface area contributed by atoms with Crippen LogP contribution in [0.1, 0.15) is 75.1 Å². The summed E-state index contributed by atoms with van der Waals surface area (Å²) in [6.07, 6.45) is 0. The molecule has 4 nitrogen and oxygen atoms in total. The average Bonchev–Trinajstić information content (AvgIpc) is 2.87. The van der Waals surface area contributed by atoms with Gasteiger partial charge in [-0.25, -0.2) is 4.68 Å². The van der Waals surface area contributed by atoms with Gasteiger partial charge in [0, 0.05) is 6.04 Å². The fourth-order valence-electron chi connectivity index (χ4n) is 2.76. The van der Waals surface area contributed by atoms with Crippen LogP contribution in [0.2, 0.25) is 5.02 Å². The molecule has 0 aliphatic carbocycles. The Morgan fingerprint density at radius 1 is 1.08 bits per heavy atom. The standard InChI is InChI=1S/C19H26ClN3O/c1-11(2)17-16(19(24)21-13(5)6)18(12(3)4)23(22-17)15-10-8-7-9-14(15)20/h7-13H,1-6H3,(H,21,24). The van der Waals surface area contributed by atoms with Crippen LogP contribution < -0.4 is 5.32 Å². The third-order valence-corrected chi connectivity index (χ3v) is 4.09. The minimum Gasteiger partial charge on any atom is -0.350 e. The first kappa shape index (κ1) is 18.5. The van der Waals surface area contributed by atoms with E-state index in [0.717, 1.165) is 17.1 Å². The Morgan fingerprint density at radius 2 is 1.71 bits per heavy atom. The normalized spacial score (nSPS) is 11.6. The minimum absolute atomic E-state index is 0.0705. The lowest BCUT2D eigenvalue weighted by Crippen LogP contribution is -2.31. The number of nitrogens with one attached hydrogen (secondary N) is 1. The first-order chi connectivity index (χ1) is 11.2. The topological polar surface area (TPSA) is 46.9 Å². The van der Waals surface area contributed by atoms with Crippen LogP contribution in [-0.4, -0.2) is 21.7 Å². The summed E-state index contributed by atoms with van der Waals surface area (Å²) in [4.78, 5) is 12.8. The molecule has 1 N–H and O–H groups in total. The van der Waals surface area contributed by atoms with Gasteiger partial charge < -0.3 is 5.32 Å². The maximum Gasteiger partial charge on any atom is 0.255 e. The zero-order valence-corrected chi connectivity index (χ0v) is 16.0. The zero-order valence-electron chi connectivity index (χ0n) is 15.2. The lowest BCUT2D eigenvalue weighted by Gasteiger charge is -2.15. The Balaban J connectivity index is 2.74.